The molecule has 0 saturated carbocycles. The topological polar surface area (TPSA) is 61.4 Å². The normalized spacial score (nSPS) is 15.3. The number of amides is 1. The maximum absolute atomic E-state index is 12.2. The lowest BCUT2D eigenvalue weighted by atomic mass is 10.3. The van der Waals surface area contributed by atoms with Gasteiger partial charge in [-0.15, -0.1) is 11.8 Å². The molecule has 0 unspecified atom stereocenters. The molecule has 1 aliphatic rings. The molecule has 0 bridgehead atoms. The molecular formula is C17H21N5OS. The average molecular weight is 343 g/mol. The monoisotopic (exact) mass is 343 g/mol. The fourth-order valence-corrected chi connectivity index (χ4v) is 3.12. The molecule has 6 nitrogen and oxygen atoms in total. The van der Waals surface area contributed by atoms with Gasteiger partial charge in [0.2, 0.25) is 11.9 Å². The molecule has 2 aromatic rings. The first-order valence-corrected chi connectivity index (χ1v) is 9.15. The summed E-state index contributed by atoms with van der Waals surface area (Å²) in [6, 6.07) is 9.72. The van der Waals surface area contributed by atoms with E-state index in [0.29, 0.717) is 6.54 Å². The minimum absolute atomic E-state index is 0.0256. The van der Waals surface area contributed by atoms with E-state index in [0.717, 1.165) is 42.7 Å². The first kappa shape index (κ1) is 16.7. The predicted molar refractivity (Wildman–Crippen MR) is 97.5 cm³/mol. The Bertz CT molecular complexity index is 674. The van der Waals surface area contributed by atoms with Crippen LogP contribution in [0.5, 0.6) is 0 Å². The van der Waals surface area contributed by atoms with Crippen LogP contribution in [0.2, 0.25) is 0 Å². The highest BCUT2D eigenvalue weighted by atomic mass is 32.2. The van der Waals surface area contributed by atoms with Gasteiger partial charge in [0.15, 0.2) is 0 Å². The quantitative estimate of drug-likeness (QED) is 0.838. The molecule has 1 N–H and O–H groups in total. The number of piperazine rings is 1. The van der Waals surface area contributed by atoms with Crippen LogP contribution in [0.15, 0.2) is 47.6 Å². The fraction of sp³-hybridized carbons (Fsp3) is 0.353. The minimum atomic E-state index is 0.0256. The number of anilines is 2. The zero-order valence-corrected chi connectivity index (χ0v) is 14.5. The van der Waals surface area contributed by atoms with Crippen molar-refractivity contribution in [1.82, 2.24) is 14.9 Å². The molecule has 1 fully saturated rings. The summed E-state index contributed by atoms with van der Waals surface area (Å²) < 4.78 is 0. The number of nitrogens with one attached hydrogen (secondary N) is 1. The molecule has 1 amide bonds. The second-order valence-electron chi connectivity index (χ2n) is 5.59. The summed E-state index contributed by atoms with van der Waals surface area (Å²) in [7, 11) is 0. The van der Waals surface area contributed by atoms with Gasteiger partial charge in [-0.2, -0.15) is 0 Å². The standard InChI is InChI=1S/C17H21N5OS/c1-24-15-5-2-4-14(12-15)20-16(23)13-21-8-10-22(11-9-21)17-18-6-3-7-19-17/h2-7,12H,8-11,13H2,1H3,(H,20,23). The molecule has 1 aromatic heterocycles. The van der Waals surface area contributed by atoms with Gasteiger partial charge in [-0.1, -0.05) is 6.07 Å². The van der Waals surface area contributed by atoms with E-state index < -0.39 is 0 Å². The van der Waals surface area contributed by atoms with Gasteiger partial charge in [0.25, 0.3) is 0 Å². The summed E-state index contributed by atoms with van der Waals surface area (Å²) in [4.78, 5) is 26.2. The van der Waals surface area contributed by atoms with Gasteiger partial charge in [0, 0.05) is 49.2 Å². The van der Waals surface area contributed by atoms with E-state index in [1.807, 2.05) is 36.6 Å². The highest BCUT2D eigenvalue weighted by Crippen LogP contribution is 2.19. The zero-order valence-electron chi connectivity index (χ0n) is 13.7. The molecule has 0 spiro atoms. The molecule has 0 atom stereocenters. The second-order valence-corrected chi connectivity index (χ2v) is 6.47. The summed E-state index contributed by atoms with van der Waals surface area (Å²) in [5.41, 5.74) is 0.850. The largest absolute Gasteiger partial charge is 0.338 e. The van der Waals surface area contributed by atoms with Crippen LogP contribution in [0.4, 0.5) is 11.6 Å². The van der Waals surface area contributed by atoms with Crippen molar-refractivity contribution in [3.63, 3.8) is 0 Å². The Balaban J connectivity index is 1.48. The number of nitrogens with zero attached hydrogens (tertiary/aromatic N) is 4. The van der Waals surface area contributed by atoms with Crippen molar-refractivity contribution in [1.29, 1.82) is 0 Å². The van der Waals surface area contributed by atoms with Crippen molar-refractivity contribution < 1.29 is 4.79 Å². The Morgan fingerprint density at radius 2 is 1.92 bits per heavy atom. The van der Waals surface area contributed by atoms with Gasteiger partial charge in [0.1, 0.15) is 0 Å². The van der Waals surface area contributed by atoms with Crippen molar-refractivity contribution in [3.05, 3.63) is 42.7 Å². The number of benzene rings is 1. The number of hydrogen-bond donors (Lipinski definition) is 1. The number of aromatic nitrogens is 2. The third kappa shape index (κ3) is 4.46. The Kier molecular flexibility index (Phi) is 5.66. The third-order valence-electron chi connectivity index (χ3n) is 3.93. The Hall–Kier alpha value is -2.12. The summed E-state index contributed by atoms with van der Waals surface area (Å²) >= 11 is 1.66. The first-order chi connectivity index (χ1) is 11.7. The van der Waals surface area contributed by atoms with Crippen molar-refractivity contribution >= 4 is 29.3 Å². The van der Waals surface area contributed by atoms with Crippen LogP contribution in [-0.2, 0) is 4.79 Å². The SMILES string of the molecule is CSc1cccc(NC(=O)CN2CCN(c3ncccn3)CC2)c1. The van der Waals surface area contributed by atoms with Crippen molar-refractivity contribution in [2.45, 2.75) is 4.90 Å². The Labute approximate surface area is 146 Å². The molecule has 7 heteroatoms. The highest BCUT2D eigenvalue weighted by Gasteiger charge is 2.20. The molecule has 126 valence electrons. The molecule has 0 aliphatic carbocycles. The Morgan fingerprint density at radius 3 is 2.62 bits per heavy atom. The summed E-state index contributed by atoms with van der Waals surface area (Å²) in [5.74, 6) is 0.785. The third-order valence-corrected chi connectivity index (χ3v) is 4.65. The van der Waals surface area contributed by atoms with Crippen LogP contribution in [0.1, 0.15) is 0 Å². The maximum atomic E-state index is 12.2. The van der Waals surface area contributed by atoms with E-state index >= 15 is 0 Å². The van der Waals surface area contributed by atoms with E-state index in [9.17, 15) is 4.79 Å². The predicted octanol–water partition coefficient (Wildman–Crippen LogP) is 1.96. The first-order valence-electron chi connectivity index (χ1n) is 7.93. The van der Waals surface area contributed by atoms with E-state index in [2.05, 4.69) is 25.1 Å². The van der Waals surface area contributed by atoms with Gasteiger partial charge in [-0.3, -0.25) is 9.69 Å². The van der Waals surface area contributed by atoms with Gasteiger partial charge in [-0.25, -0.2) is 9.97 Å². The Morgan fingerprint density at radius 1 is 1.17 bits per heavy atom. The van der Waals surface area contributed by atoms with Crippen LogP contribution in [-0.4, -0.2) is 59.8 Å². The number of rotatable bonds is 5. The fourth-order valence-electron chi connectivity index (χ4n) is 2.66. The number of carbonyl (C=O) groups excluding carboxylic acids is 1. The molecule has 1 aromatic carbocycles. The van der Waals surface area contributed by atoms with E-state index in [4.69, 9.17) is 0 Å². The van der Waals surface area contributed by atoms with Crippen LogP contribution in [0.3, 0.4) is 0 Å². The molecule has 2 heterocycles. The summed E-state index contributed by atoms with van der Waals surface area (Å²) in [6.07, 6.45) is 5.53. The molecular weight excluding hydrogens is 322 g/mol. The van der Waals surface area contributed by atoms with Crippen molar-refractivity contribution in [2.75, 3.05) is 49.2 Å². The lowest BCUT2D eigenvalue weighted by molar-refractivity contribution is -0.117. The van der Waals surface area contributed by atoms with Gasteiger partial charge in [-0.05, 0) is 30.5 Å². The van der Waals surface area contributed by atoms with Crippen LogP contribution in [0, 0.1) is 0 Å². The highest BCUT2D eigenvalue weighted by molar-refractivity contribution is 7.98. The van der Waals surface area contributed by atoms with E-state index in [-0.39, 0.29) is 5.91 Å². The lowest BCUT2D eigenvalue weighted by Crippen LogP contribution is -2.49. The molecule has 1 saturated heterocycles. The lowest BCUT2D eigenvalue weighted by Gasteiger charge is -2.34. The van der Waals surface area contributed by atoms with E-state index in [1.54, 1.807) is 24.2 Å². The molecule has 3 rings (SSSR count). The van der Waals surface area contributed by atoms with Crippen LogP contribution in [0.25, 0.3) is 0 Å². The van der Waals surface area contributed by atoms with Gasteiger partial charge >= 0.3 is 0 Å². The summed E-state index contributed by atoms with van der Waals surface area (Å²) in [5, 5.41) is 2.97. The average Bonchev–Trinajstić information content (AvgIpc) is 2.63. The van der Waals surface area contributed by atoms with Crippen molar-refractivity contribution in [3.8, 4) is 0 Å². The van der Waals surface area contributed by atoms with Crippen molar-refractivity contribution in [2.24, 2.45) is 0 Å². The second kappa shape index (κ2) is 8.12. The van der Waals surface area contributed by atoms with Gasteiger partial charge < -0.3 is 10.2 Å². The molecule has 1 aliphatic heterocycles. The smallest absolute Gasteiger partial charge is 0.238 e. The summed E-state index contributed by atoms with van der Waals surface area (Å²) in [6.45, 7) is 3.73. The van der Waals surface area contributed by atoms with Crippen LogP contribution >= 0.6 is 11.8 Å². The number of carbonyl (C=O) groups is 1. The molecule has 0 radical (unpaired) electrons. The molecule has 24 heavy (non-hydrogen) atoms. The van der Waals surface area contributed by atoms with E-state index in [1.165, 1.54) is 0 Å². The minimum Gasteiger partial charge on any atom is -0.338 e. The van der Waals surface area contributed by atoms with Gasteiger partial charge in [0.05, 0.1) is 6.54 Å². The van der Waals surface area contributed by atoms with Crippen LogP contribution < -0.4 is 10.2 Å². The maximum Gasteiger partial charge on any atom is 0.238 e. The number of hydrogen-bond acceptors (Lipinski definition) is 6. The zero-order chi connectivity index (χ0) is 16.8. The number of thioether (sulfide) groups is 1.